The summed E-state index contributed by atoms with van der Waals surface area (Å²) in [5, 5.41) is 0.855. The van der Waals surface area contributed by atoms with Gasteiger partial charge in [-0.05, 0) is 49.2 Å². The van der Waals surface area contributed by atoms with E-state index >= 15 is 4.39 Å². The summed E-state index contributed by atoms with van der Waals surface area (Å²) < 4.78 is 22.7. The molecule has 172 valence electrons. The molecule has 0 aliphatic heterocycles. The monoisotopic (exact) mass is 484 g/mol. The van der Waals surface area contributed by atoms with Gasteiger partial charge in [-0.1, -0.05) is 23.6 Å². The molecule has 4 aromatic heterocycles. The lowest BCUT2D eigenvalue weighted by Crippen LogP contribution is -1.98. The van der Waals surface area contributed by atoms with E-state index in [1.807, 2.05) is 24.6 Å². The number of terminal acetylenes is 1. The first kappa shape index (κ1) is 22.4. The molecular formula is C26H18ClFN6O. The summed E-state index contributed by atoms with van der Waals surface area (Å²) in [7, 11) is 1.86. The van der Waals surface area contributed by atoms with Crippen molar-refractivity contribution in [1.29, 1.82) is 0 Å². The van der Waals surface area contributed by atoms with Crippen LogP contribution in [0, 0.1) is 32.0 Å². The van der Waals surface area contributed by atoms with Gasteiger partial charge in [0.15, 0.2) is 11.6 Å². The second kappa shape index (κ2) is 8.78. The fraction of sp³-hybridized carbons (Fsp3) is 0.115. The highest BCUT2D eigenvalue weighted by Gasteiger charge is 2.24. The maximum atomic E-state index is 15.3. The average molecular weight is 485 g/mol. The topological polar surface area (TPSA) is 78.6 Å². The Hall–Kier alpha value is -4.35. The third-order valence-electron chi connectivity index (χ3n) is 5.63. The summed E-state index contributed by atoms with van der Waals surface area (Å²) in [4.78, 5) is 21.1. The number of ether oxygens (including phenoxy) is 1. The number of halogens is 2. The first-order valence-electron chi connectivity index (χ1n) is 10.6. The van der Waals surface area contributed by atoms with Gasteiger partial charge in [0.2, 0.25) is 0 Å². The fourth-order valence-corrected chi connectivity index (χ4v) is 4.23. The van der Waals surface area contributed by atoms with E-state index in [0.717, 1.165) is 16.8 Å². The number of aromatic nitrogens is 6. The predicted octanol–water partition coefficient (Wildman–Crippen LogP) is 5.67. The molecule has 0 bridgehead atoms. The summed E-state index contributed by atoms with van der Waals surface area (Å²) in [5.41, 5.74) is 5.54. The first-order chi connectivity index (χ1) is 16.9. The number of benzene rings is 1. The van der Waals surface area contributed by atoms with E-state index in [2.05, 4.69) is 30.8 Å². The Morgan fingerprint density at radius 2 is 1.91 bits per heavy atom. The van der Waals surface area contributed by atoms with Crippen molar-refractivity contribution in [3.63, 3.8) is 0 Å². The van der Waals surface area contributed by atoms with Crippen LogP contribution < -0.4 is 4.74 Å². The number of hydrogen-bond acceptors (Lipinski definition) is 6. The minimum absolute atomic E-state index is 0.000274. The molecule has 0 fully saturated rings. The van der Waals surface area contributed by atoms with Gasteiger partial charge in [0, 0.05) is 36.3 Å². The molecule has 35 heavy (non-hydrogen) atoms. The minimum Gasteiger partial charge on any atom is -0.421 e. The van der Waals surface area contributed by atoms with E-state index < -0.39 is 5.82 Å². The zero-order chi connectivity index (χ0) is 24.7. The van der Waals surface area contributed by atoms with Crippen molar-refractivity contribution in [3.8, 4) is 46.5 Å². The van der Waals surface area contributed by atoms with Crippen molar-refractivity contribution in [2.75, 3.05) is 0 Å². The summed E-state index contributed by atoms with van der Waals surface area (Å²) >= 11 is 6.52. The lowest BCUT2D eigenvalue weighted by Gasteiger charge is -2.12. The molecule has 0 aliphatic carbocycles. The van der Waals surface area contributed by atoms with Crippen LogP contribution in [0.15, 0.2) is 49.1 Å². The Kier molecular flexibility index (Phi) is 5.63. The van der Waals surface area contributed by atoms with Crippen molar-refractivity contribution < 1.29 is 9.13 Å². The van der Waals surface area contributed by atoms with Gasteiger partial charge in [-0.3, -0.25) is 0 Å². The van der Waals surface area contributed by atoms with Crippen molar-refractivity contribution in [1.82, 2.24) is 29.5 Å². The number of aryl methyl sites for hydroxylation is 3. The van der Waals surface area contributed by atoms with Crippen molar-refractivity contribution in [2.24, 2.45) is 7.05 Å². The van der Waals surface area contributed by atoms with Gasteiger partial charge in [-0.25, -0.2) is 29.3 Å². The van der Waals surface area contributed by atoms with Crippen LogP contribution in [0.2, 0.25) is 5.15 Å². The van der Waals surface area contributed by atoms with Gasteiger partial charge in [0.05, 0.1) is 11.1 Å². The quantitative estimate of drug-likeness (QED) is 0.241. The lowest BCUT2D eigenvalue weighted by atomic mass is 9.97. The van der Waals surface area contributed by atoms with Crippen LogP contribution >= 0.6 is 11.6 Å². The van der Waals surface area contributed by atoms with E-state index in [1.54, 1.807) is 31.5 Å². The Morgan fingerprint density at radius 3 is 2.63 bits per heavy atom. The highest BCUT2D eigenvalue weighted by atomic mass is 35.5. The number of fused-ring (bicyclic) bond motifs is 1. The van der Waals surface area contributed by atoms with Crippen LogP contribution in [0.4, 0.5) is 4.39 Å². The largest absolute Gasteiger partial charge is 0.421 e. The van der Waals surface area contributed by atoms with Crippen molar-refractivity contribution >= 4 is 22.6 Å². The van der Waals surface area contributed by atoms with Gasteiger partial charge in [-0.2, -0.15) is 0 Å². The molecule has 0 atom stereocenters. The molecule has 9 heteroatoms. The van der Waals surface area contributed by atoms with Crippen LogP contribution in [0.25, 0.3) is 33.4 Å². The number of nitrogens with zero attached hydrogens (tertiary/aromatic N) is 6. The molecule has 0 amide bonds. The Balaban J connectivity index is 1.71. The predicted molar refractivity (Wildman–Crippen MR) is 132 cm³/mol. The van der Waals surface area contributed by atoms with E-state index in [4.69, 9.17) is 22.8 Å². The highest BCUT2D eigenvalue weighted by Crippen LogP contribution is 2.43. The second-order valence-electron chi connectivity index (χ2n) is 7.90. The van der Waals surface area contributed by atoms with E-state index in [1.165, 1.54) is 18.5 Å². The standard InChI is InChI=1S/C26H18ClFN6O/c1-5-17-10-14(2)18(12-30-17)23-21(22-24(27)31-13-32-25(22)34(23)4)16-6-7-20(19(28)11-16)35-26-29-9-8-15(3)33-26/h1,6-13H,2-4H3. The summed E-state index contributed by atoms with van der Waals surface area (Å²) in [5.74, 6) is 1.96. The fourth-order valence-electron chi connectivity index (χ4n) is 4.01. The molecule has 0 saturated heterocycles. The summed E-state index contributed by atoms with van der Waals surface area (Å²) in [6.07, 6.45) is 10.2. The first-order valence-corrected chi connectivity index (χ1v) is 10.9. The maximum Gasteiger partial charge on any atom is 0.322 e. The maximum absolute atomic E-state index is 15.3. The SMILES string of the molecule is C#Cc1cc(C)c(-c2c(-c3ccc(Oc4nccc(C)n4)c(F)c3)c3c(Cl)ncnc3n2C)cn1. The average Bonchev–Trinajstić information content (AvgIpc) is 3.14. The van der Waals surface area contributed by atoms with E-state index in [9.17, 15) is 0 Å². The van der Waals surface area contributed by atoms with Gasteiger partial charge in [-0.15, -0.1) is 6.42 Å². The van der Waals surface area contributed by atoms with Crippen LogP contribution in [-0.2, 0) is 7.05 Å². The molecule has 4 heterocycles. The number of hydrogen-bond donors (Lipinski definition) is 0. The van der Waals surface area contributed by atoms with Crippen molar-refractivity contribution in [2.45, 2.75) is 13.8 Å². The Morgan fingerprint density at radius 1 is 1.09 bits per heavy atom. The van der Waals surface area contributed by atoms with Gasteiger partial charge in [0.1, 0.15) is 22.8 Å². The molecule has 0 unspecified atom stereocenters. The van der Waals surface area contributed by atoms with Gasteiger partial charge in [0.25, 0.3) is 0 Å². The third-order valence-corrected chi connectivity index (χ3v) is 5.92. The summed E-state index contributed by atoms with van der Waals surface area (Å²) in [6.45, 7) is 3.74. The molecule has 0 saturated carbocycles. The smallest absolute Gasteiger partial charge is 0.322 e. The van der Waals surface area contributed by atoms with Crippen LogP contribution in [-0.4, -0.2) is 29.5 Å². The molecule has 7 nitrogen and oxygen atoms in total. The molecule has 0 spiro atoms. The number of pyridine rings is 1. The van der Waals surface area contributed by atoms with Crippen LogP contribution in [0.5, 0.6) is 11.8 Å². The van der Waals surface area contributed by atoms with E-state index in [0.29, 0.717) is 33.5 Å². The van der Waals surface area contributed by atoms with Gasteiger partial charge < -0.3 is 9.30 Å². The molecule has 5 aromatic rings. The normalized spacial score (nSPS) is 11.0. The van der Waals surface area contributed by atoms with E-state index in [-0.39, 0.29) is 16.9 Å². The minimum atomic E-state index is -0.582. The molecular weight excluding hydrogens is 467 g/mol. The molecule has 1 aromatic carbocycles. The molecule has 0 aliphatic rings. The Bertz CT molecular complexity index is 1660. The van der Waals surface area contributed by atoms with Crippen molar-refractivity contribution in [3.05, 3.63) is 77.0 Å². The summed E-state index contributed by atoms with van der Waals surface area (Å²) in [6, 6.07) is 8.27. The molecule has 5 rings (SSSR count). The van der Waals surface area contributed by atoms with Gasteiger partial charge >= 0.3 is 6.01 Å². The Labute approximate surface area is 205 Å². The molecule has 0 N–H and O–H groups in total. The second-order valence-corrected chi connectivity index (χ2v) is 8.26. The third kappa shape index (κ3) is 3.96. The van der Waals surface area contributed by atoms with Crippen LogP contribution in [0.1, 0.15) is 17.0 Å². The zero-order valence-electron chi connectivity index (χ0n) is 19.0. The zero-order valence-corrected chi connectivity index (χ0v) is 19.8. The number of rotatable bonds is 4. The van der Waals surface area contributed by atoms with Crippen LogP contribution in [0.3, 0.4) is 0 Å². The molecule has 0 radical (unpaired) electrons. The highest BCUT2D eigenvalue weighted by molar-refractivity contribution is 6.35. The lowest BCUT2D eigenvalue weighted by molar-refractivity contribution is 0.410.